The van der Waals surface area contributed by atoms with Crippen molar-refractivity contribution in [3.63, 3.8) is 0 Å². The predicted molar refractivity (Wildman–Crippen MR) is 130 cm³/mol. The number of nitrogen functional groups attached to an aromatic ring is 1. The van der Waals surface area contributed by atoms with Gasteiger partial charge in [-0.3, -0.25) is 4.79 Å². The molecule has 0 aromatic carbocycles. The van der Waals surface area contributed by atoms with Crippen molar-refractivity contribution < 1.29 is 19.4 Å². The maximum Gasteiger partial charge on any atom is 0.305 e. The number of nitrogens with zero attached hydrogens (tertiary/aromatic N) is 3. The van der Waals surface area contributed by atoms with E-state index in [0.29, 0.717) is 22.9 Å². The first-order chi connectivity index (χ1) is 16.8. The summed E-state index contributed by atoms with van der Waals surface area (Å²) in [5.74, 6) is 5.07. The molecule has 0 radical (unpaired) electrons. The zero-order chi connectivity index (χ0) is 24.4. The summed E-state index contributed by atoms with van der Waals surface area (Å²) in [5, 5.41) is 11.5. The topological polar surface area (TPSA) is 112 Å². The van der Waals surface area contributed by atoms with Crippen molar-refractivity contribution in [1.29, 1.82) is 0 Å². The number of carbonyl (C=O) groups is 1. The van der Waals surface area contributed by atoms with Crippen LogP contribution in [0.1, 0.15) is 64.0 Å². The van der Waals surface area contributed by atoms with Gasteiger partial charge < -0.3 is 24.9 Å². The molecule has 4 bridgehead atoms. The number of rotatable bonds is 6. The van der Waals surface area contributed by atoms with Crippen LogP contribution in [0.5, 0.6) is 0 Å². The Labute approximate surface area is 209 Å². The Morgan fingerprint density at radius 1 is 1.26 bits per heavy atom. The van der Waals surface area contributed by atoms with Crippen molar-refractivity contribution in [2.75, 3.05) is 12.3 Å². The van der Waals surface area contributed by atoms with Gasteiger partial charge in [-0.1, -0.05) is 5.92 Å². The molecule has 186 valence electrons. The Hall–Kier alpha value is -2.34. The van der Waals surface area contributed by atoms with Crippen molar-refractivity contribution in [1.82, 2.24) is 14.5 Å². The van der Waals surface area contributed by atoms with E-state index in [1.54, 1.807) is 16.8 Å². The van der Waals surface area contributed by atoms with Crippen LogP contribution >= 0.6 is 11.6 Å². The summed E-state index contributed by atoms with van der Waals surface area (Å²) in [4.78, 5) is 21.0. The number of aliphatic hydroxyl groups excluding tert-OH is 1. The van der Waals surface area contributed by atoms with Crippen LogP contribution in [0.4, 0.5) is 5.82 Å². The molecule has 9 heteroatoms. The van der Waals surface area contributed by atoms with Gasteiger partial charge in [-0.05, 0) is 85.8 Å². The second-order valence-electron chi connectivity index (χ2n) is 11.3. The van der Waals surface area contributed by atoms with Gasteiger partial charge in [-0.15, -0.1) is 6.42 Å². The lowest BCUT2D eigenvalue weighted by atomic mass is 9.48. The van der Waals surface area contributed by atoms with E-state index in [0.717, 1.165) is 24.2 Å². The number of anilines is 1. The lowest BCUT2D eigenvalue weighted by molar-refractivity contribution is -0.158. The lowest BCUT2D eigenvalue weighted by Gasteiger charge is -2.57. The first-order valence-electron chi connectivity index (χ1n) is 12.6. The third-order valence-corrected chi connectivity index (χ3v) is 9.08. The molecule has 0 spiro atoms. The molecule has 7 rings (SSSR count). The van der Waals surface area contributed by atoms with Gasteiger partial charge in [0.2, 0.25) is 5.28 Å². The SMILES string of the molecule is C#C[C@]1(COC(=O)CCC23CC4CC(CC(C4)C2)C3)O[C@@H](n2ccc3c(N)nc(Cl)nc32)C[C@@H]1O. The molecule has 3 atom stereocenters. The largest absolute Gasteiger partial charge is 0.461 e. The molecule has 5 aliphatic rings. The fraction of sp³-hybridized carbons (Fsp3) is 0.654. The van der Waals surface area contributed by atoms with Crippen LogP contribution in [0.3, 0.4) is 0 Å². The van der Waals surface area contributed by atoms with Crippen molar-refractivity contribution >= 4 is 34.4 Å². The van der Waals surface area contributed by atoms with Crippen LogP contribution in [0.15, 0.2) is 12.3 Å². The third-order valence-electron chi connectivity index (χ3n) is 8.91. The van der Waals surface area contributed by atoms with E-state index in [1.807, 2.05) is 0 Å². The molecule has 3 N–H and O–H groups in total. The van der Waals surface area contributed by atoms with Crippen LogP contribution in [-0.4, -0.2) is 43.9 Å². The van der Waals surface area contributed by atoms with Crippen LogP contribution < -0.4 is 5.73 Å². The molecule has 5 fully saturated rings. The number of hydrogen-bond donors (Lipinski definition) is 2. The highest BCUT2D eigenvalue weighted by Gasteiger charge is 2.51. The first-order valence-corrected chi connectivity index (χ1v) is 12.9. The summed E-state index contributed by atoms with van der Waals surface area (Å²) < 4.78 is 13.4. The van der Waals surface area contributed by atoms with Crippen LogP contribution in [0.2, 0.25) is 5.28 Å². The monoisotopic (exact) mass is 498 g/mol. The number of aliphatic hydroxyl groups is 1. The Morgan fingerprint density at radius 2 is 1.94 bits per heavy atom. The fourth-order valence-electron chi connectivity index (χ4n) is 7.71. The molecule has 8 nitrogen and oxygen atoms in total. The lowest BCUT2D eigenvalue weighted by Crippen LogP contribution is -2.46. The second-order valence-corrected chi connectivity index (χ2v) is 11.6. The number of halogens is 1. The maximum atomic E-state index is 12.7. The van der Waals surface area contributed by atoms with E-state index in [4.69, 9.17) is 33.2 Å². The van der Waals surface area contributed by atoms with Gasteiger partial charge in [0.1, 0.15) is 30.4 Å². The van der Waals surface area contributed by atoms with Crippen LogP contribution in [0.25, 0.3) is 11.0 Å². The van der Waals surface area contributed by atoms with Gasteiger partial charge in [-0.25, -0.2) is 4.98 Å². The number of aromatic nitrogens is 3. The highest BCUT2D eigenvalue weighted by atomic mass is 35.5. The fourth-order valence-corrected chi connectivity index (χ4v) is 7.88. The van der Waals surface area contributed by atoms with Gasteiger partial charge in [0, 0.05) is 19.0 Å². The number of terminal acetylenes is 1. The summed E-state index contributed by atoms with van der Waals surface area (Å²) in [5.41, 5.74) is 5.32. The van der Waals surface area contributed by atoms with Gasteiger partial charge in [0.25, 0.3) is 0 Å². The highest BCUT2D eigenvalue weighted by molar-refractivity contribution is 6.28. The summed E-state index contributed by atoms with van der Waals surface area (Å²) in [7, 11) is 0. The molecule has 2 aromatic rings. The zero-order valence-electron chi connectivity index (χ0n) is 19.7. The van der Waals surface area contributed by atoms with Crippen molar-refractivity contribution in [2.45, 2.75) is 75.7 Å². The molecular formula is C26H31ClN4O4. The molecule has 4 aliphatic carbocycles. The van der Waals surface area contributed by atoms with E-state index >= 15 is 0 Å². The molecule has 35 heavy (non-hydrogen) atoms. The molecular weight excluding hydrogens is 468 g/mol. The molecule has 1 aliphatic heterocycles. The smallest absolute Gasteiger partial charge is 0.305 e. The Balaban J connectivity index is 1.10. The summed E-state index contributed by atoms with van der Waals surface area (Å²) >= 11 is 5.99. The van der Waals surface area contributed by atoms with Crippen LogP contribution in [0, 0.1) is 35.5 Å². The van der Waals surface area contributed by atoms with Gasteiger partial charge in [0.05, 0.1) is 5.39 Å². The average Bonchev–Trinajstić information content (AvgIpc) is 3.37. The maximum absolute atomic E-state index is 12.7. The molecule has 3 heterocycles. The van der Waals surface area contributed by atoms with Gasteiger partial charge in [-0.2, -0.15) is 4.98 Å². The minimum absolute atomic E-state index is 0.0182. The van der Waals surface area contributed by atoms with Crippen molar-refractivity contribution in [3.8, 4) is 12.3 Å². The van der Waals surface area contributed by atoms with E-state index in [-0.39, 0.29) is 30.1 Å². The van der Waals surface area contributed by atoms with Crippen molar-refractivity contribution in [2.24, 2.45) is 23.2 Å². The number of hydrogen-bond acceptors (Lipinski definition) is 7. The number of nitrogens with two attached hydrogens (primary N) is 1. The number of fused-ring (bicyclic) bond motifs is 1. The van der Waals surface area contributed by atoms with Crippen LogP contribution in [-0.2, 0) is 14.3 Å². The average molecular weight is 499 g/mol. The number of carbonyl (C=O) groups excluding carboxylic acids is 1. The normalized spacial score (nSPS) is 37.6. The Kier molecular flexibility index (Phi) is 5.51. The highest BCUT2D eigenvalue weighted by Crippen LogP contribution is 2.61. The van der Waals surface area contributed by atoms with Gasteiger partial charge in [0.15, 0.2) is 5.60 Å². The summed E-state index contributed by atoms with van der Waals surface area (Å²) in [6.45, 7) is -0.196. The quantitative estimate of drug-likeness (QED) is 0.353. The van der Waals surface area contributed by atoms with Gasteiger partial charge >= 0.3 is 5.97 Å². The molecule has 1 saturated heterocycles. The van der Waals surface area contributed by atoms with E-state index < -0.39 is 17.9 Å². The van der Waals surface area contributed by atoms with E-state index in [1.165, 1.54) is 38.5 Å². The number of esters is 1. The minimum atomic E-state index is -1.43. The zero-order valence-corrected chi connectivity index (χ0v) is 20.4. The third kappa shape index (κ3) is 3.98. The Bertz CT molecular complexity index is 1170. The molecule has 2 aromatic heterocycles. The summed E-state index contributed by atoms with van der Waals surface area (Å²) in [6, 6.07) is 1.76. The Morgan fingerprint density at radius 3 is 2.60 bits per heavy atom. The molecule has 4 saturated carbocycles. The van der Waals surface area contributed by atoms with E-state index in [9.17, 15) is 9.90 Å². The molecule has 0 amide bonds. The minimum Gasteiger partial charge on any atom is -0.461 e. The standard InChI is InChI=1S/C26H31ClN4O4/c1-2-26(14-34-21(33)3-5-25-11-15-7-16(12-25)9-17(8-15)13-25)19(32)10-20(35-26)31-6-4-18-22(28)29-24(27)30-23(18)31/h1,4,6,15-17,19-20,32H,3,5,7-14H2,(H2,28,29,30)/t15?,16?,17?,19-,20+,25?,26+/m0/s1. The predicted octanol–water partition coefficient (Wildman–Crippen LogP) is 3.86. The second kappa shape index (κ2) is 8.36. The summed E-state index contributed by atoms with van der Waals surface area (Å²) in [6.07, 6.45) is 15.3. The van der Waals surface area contributed by atoms with E-state index in [2.05, 4.69) is 15.9 Å². The first kappa shape index (κ1) is 23.1. The van der Waals surface area contributed by atoms with Crippen molar-refractivity contribution in [3.05, 3.63) is 17.5 Å². The number of ether oxygens (including phenoxy) is 2. The molecule has 0 unspecified atom stereocenters.